The van der Waals surface area contributed by atoms with E-state index in [1.54, 1.807) is 0 Å². The van der Waals surface area contributed by atoms with Crippen LogP contribution in [0.4, 0.5) is 4.39 Å². The number of rotatable bonds is 6. The standard InChI is InChI=1S/C17H24FNO3/c18-13-5-6-15-16(4-2-9-22-17(15)11-13)19-7-10-20-12-14-3-1-8-21-14/h5-6,11,14,16,19H,1-4,7-10,12H2/t14-,16-/m1/s1. The predicted octanol–water partition coefficient (Wildman–Crippen LogP) is 2.82. The monoisotopic (exact) mass is 309 g/mol. The molecule has 1 N–H and O–H groups in total. The van der Waals surface area contributed by atoms with Crippen LogP contribution in [0.5, 0.6) is 5.75 Å². The van der Waals surface area contributed by atoms with Gasteiger partial charge in [-0.25, -0.2) is 4.39 Å². The molecule has 0 bridgehead atoms. The third kappa shape index (κ3) is 4.18. The van der Waals surface area contributed by atoms with Crippen molar-refractivity contribution in [3.63, 3.8) is 0 Å². The van der Waals surface area contributed by atoms with Crippen molar-refractivity contribution in [3.8, 4) is 5.75 Å². The molecular formula is C17H24FNO3. The Morgan fingerprint density at radius 1 is 1.23 bits per heavy atom. The van der Waals surface area contributed by atoms with E-state index in [1.807, 2.05) is 6.07 Å². The Labute approximate surface area is 130 Å². The number of ether oxygens (including phenoxy) is 3. The van der Waals surface area contributed by atoms with Gasteiger partial charge in [-0.3, -0.25) is 0 Å². The lowest BCUT2D eigenvalue weighted by Crippen LogP contribution is -2.26. The Bertz CT molecular complexity index is 477. The fourth-order valence-corrected chi connectivity index (χ4v) is 3.05. The molecule has 1 aromatic carbocycles. The zero-order valence-corrected chi connectivity index (χ0v) is 12.9. The van der Waals surface area contributed by atoms with E-state index in [1.165, 1.54) is 12.1 Å². The van der Waals surface area contributed by atoms with Crippen molar-refractivity contribution in [2.24, 2.45) is 0 Å². The first-order valence-corrected chi connectivity index (χ1v) is 8.18. The molecule has 5 heteroatoms. The van der Waals surface area contributed by atoms with Crippen molar-refractivity contribution in [2.45, 2.75) is 37.8 Å². The van der Waals surface area contributed by atoms with E-state index < -0.39 is 0 Å². The number of halogens is 1. The first-order valence-electron chi connectivity index (χ1n) is 8.18. The smallest absolute Gasteiger partial charge is 0.126 e. The molecule has 4 nitrogen and oxygen atoms in total. The van der Waals surface area contributed by atoms with E-state index in [9.17, 15) is 4.39 Å². The molecule has 2 atom stereocenters. The van der Waals surface area contributed by atoms with Gasteiger partial charge >= 0.3 is 0 Å². The van der Waals surface area contributed by atoms with Gasteiger partial charge in [0.05, 0.1) is 25.9 Å². The summed E-state index contributed by atoms with van der Waals surface area (Å²) in [5.74, 6) is 0.412. The highest BCUT2D eigenvalue weighted by Crippen LogP contribution is 2.31. The minimum Gasteiger partial charge on any atom is -0.493 e. The van der Waals surface area contributed by atoms with Gasteiger partial charge < -0.3 is 19.5 Å². The van der Waals surface area contributed by atoms with Gasteiger partial charge in [0.15, 0.2) is 0 Å². The predicted molar refractivity (Wildman–Crippen MR) is 81.7 cm³/mol. The first-order chi connectivity index (χ1) is 10.8. The second-order valence-electron chi connectivity index (χ2n) is 5.89. The fraction of sp³-hybridized carbons (Fsp3) is 0.647. The van der Waals surface area contributed by atoms with Crippen LogP contribution >= 0.6 is 0 Å². The Morgan fingerprint density at radius 2 is 2.14 bits per heavy atom. The van der Waals surface area contributed by atoms with Crippen LogP contribution in [0.25, 0.3) is 0 Å². The number of benzene rings is 1. The molecule has 0 aliphatic carbocycles. The molecule has 1 fully saturated rings. The van der Waals surface area contributed by atoms with Crippen molar-refractivity contribution in [2.75, 3.05) is 33.0 Å². The summed E-state index contributed by atoms with van der Waals surface area (Å²) in [6.07, 6.45) is 4.47. The van der Waals surface area contributed by atoms with Crippen LogP contribution in [0, 0.1) is 5.82 Å². The van der Waals surface area contributed by atoms with Crippen LogP contribution in [0.2, 0.25) is 0 Å². The van der Waals surface area contributed by atoms with Crippen molar-refractivity contribution in [3.05, 3.63) is 29.6 Å². The van der Waals surface area contributed by atoms with Crippen molar-refractivity contribution in [1.29, 1.82) is 0 Å². The minimum absolute atomic E-state index is 0.199. The third-order valence-electron chi connectivity index (χ3n) is 4.21. The summed E-state index contributed by atoms with van der Waals surface area (Å²) in [6.45, 7) is 3.62. The molecule has 122 valence electrons. The lowest BCUT2D eigenvalue weighted by atomic mass is 10.0. The first kappa shape index (κ1) is 15.7. The topological polar surface area (TPSA) is 39.7 Å². The van der Waals surface area contributed by atoms with Gasteiger partial charge in [0, 0.05) is 30.8 Å². The summed E-state index contributed by atoms with van der Waals surface area (Å²) < 4.78 is 30.1. The zero-order valence-electron chi connectivity index (χ0n) is 12.9. The van der Waals surface area contributed by atoms with Crippen LogP contribution in [0.15, 0.2) is 18.2 Å². The molecule has 0 aromatic heterocycles. The second-order valence-corrected chi connectivity index (χ2v) is 5.89. The lowest BCUT2D eigenvalue weighted by molar-refractivity contribution is 0.0178. The third-order valence-corrected chi connectivity index (χ3v) is 4.21. The molecule has 3 rings (SSSR count). The van der Waals surface area contributed by atoms with Gasteiger partial charge in [0.25, 0.3) is 0 Å². The van der Waals surface area contributed by atoms with E-state index in [2.05, 4.69) is 5.32 Å². The molecule has 1 saturated heterocycles. The summed E-state index contributed by atoms with van der Waals surface area (Å²) in [7, 11) is 0. The van der Waals surface area contributed by atoms with Gasteiger partial charge in [-0.1, -0.05) is 6.07 Å². The van der Waals surface area contributed by atoms with Gasteiger partial charge in [-0.15, -0.1) is 0 Å². The largest absolute Gasteiger partial charge is 0.493 e. The molecule has 0 spiro atoms. The van der Waals surface area contributed by atoms with Crippen LogP contribution in [-0.4, -0.2) is 39.1 Å². The molecule has 0 amide bonds. The number of hydrogen-bond donors (Lipinski definition) is 1. The maximum atomic E-state index is 13.3. The van der Waals surface area contributed by atoms with Gasteiger partial charge in [0.1, 0.15) is 11.6 Å². The van der Waals surface area contributed by atoms with E-state index in [-0.39, 0.29) is 18.0 Å². The van der Waals surface area contributed by atoms with Gasteiger partial charge in [-0.05, 0) is 31.7 Å². The fourth-order valence-electron chi connectivity index (χ4n) is 3.05. The van der Waals surface area contributed by atoms with Gasteiger partial charge in [0.2, 0.25) is 0 Å². The van der Waals surface area contributed by atoms with Crippen molar-refractivity contribution < 1.29 is 18.6 Å². The quantitative estimate of drug-likeness (QED) is 0.820. The Kier molecular flexibility index (Phi) is 5.64. The van der Waals surface area contributed by atoms with Crippen LogP contribution in [0.3, 0.4) is 0 Å². The van der Waals surface area contributed by atoms with Gasteiger partial charge in [-0.2, -0.15) is 0 Å². The highest BCUT2D eigenvalue weighted by Gasteiger charge is 2.20. The highest BCUT2D eigenvalue weighted by molar-refractivity contribution is 5.37. The number of fused-ring (bicyclic) bond motifs is 1. The maximum absolute atomic E-state index is 13.3. The van der Waals surface area contributed by atoms with Crippen LogP contribution in [0.1, 0.15) is 37.3 Å². The summed E-state index contributed by atoms with van der Waals surface area (Å²) >= 11 is 0. The molecule has 0 radical (unpaired) electrons. The Morgan fingerprint density at radius 3 is 3.00 bits per heavy atom. The Balaban J connectivity index is 1.45. The highest BCUT2D eigenvalue weighted by atomic mass is 19.1. The summed E-state index contributed by atoms with van der Waals surface area (Å²) in [5, 5.41) is 3.49. The molecule has 2 heterocycles. The molecule has 2 aliphatic rings. The minimum atomic E-state index is -0.251. The number of hydrogen-bond acceptors (Lipinski definition) is 4. The SMILES string of the molecule is Fc1ccc2c(c1)OCCC[C@H]2NCCOC[C@H]1CCCO1. The van der Waals surface area contributed by atoms with E-state index in [0.29, 0.717) is 25.6 Å². The average Bonchev–Trinajstić information content (AvgIpc) is 2.95. The molecule has 0 saturated carbocycles. The lowest BCUT2D eigenvalue weighted by Gasteiger charge is -2.19. The van der Waals surface area contributed by atoms with Crippen LogP contribution in [-0.2, 0) is 9.47 Å². The average molecular weight is 309 g/mol. The maximum Gasteiger partial charge on any atom is 0.126 e. The van der Waals surface area contributed by atoms with Crippen molar-refractivity contribution in [1.82, 2.24) is 5.32 Å². The van der Waals surface area contributed by atoms with E-state index in [0.717, 1.165) is 44.4 Å². The molecule has 22 heavy (non-hydrogen) atoms. The number of nitrogens with one attached hydrogen (secondary N) is 1. The van der Waals surface area contributed by atoms with Crippen LogP contribution < -0.4 is 10.1 Å². The normalized spacial score (nSPS) is 24.6. The molecule has 0 unspecified atom stereocenters. The summed E-state index contributed by atoms with van der Waals surface area (Å²) in [6, 6.07) is 4.99. The summed E-state index contributed by atoms with van der Waals surface area (Å²) in [4.78, 5) is 0. The molecular weight excluding hydrogens is 285 g/mol. The zero-order chi connectivity index (χ0) is 15.2. The molecule has 1 aromatic rings. The van der Waals surface area contributed by atoms with E-state index in [4.69, 9.17) is 14.2 Å². The second kappa shape index (κ2) is 7.90. The molecule has 2 aliphatic heterocycles. The van der Waals surface area contributed by atoms with Crippen molar-refractivity contribution >= 4 is 0 Å². The Hall–Kier alpha value is -1.17. The summed E-state index contributed by atoms with van der Waals surface area (Å²) in [5.41, 5.74) is 1.04. The van der Waals surface area contributed by atoms with E-state index >= 15 is 0 Å².